The minimum atomic E-state index is -0.618. The van der Waals surface area contributed by atoms with Crippen molar-refractivity contribution in [2.45, 2.75) is 13.5 Å². The number of halogens is 2. The number of rotatable bonds is 8. The standard InChI is InChI=1S/C26H18BrClN2O7S/c1-2-36-21-12-15(11-19(27)23(21)37-25(32)16-7-9-18(28)10-8-16)13-22-24(31)29(26(33)38-22)14-17-5-3-4-6-20(17)30(34)35/h3-13H,2,14H2,1H3/b22-13-. The van der Waals surface area contributed by atoms with Crippen LogP contribution in [0.1, 0.15) is 28.4 Å². The van der Waals surface area contributed by atoms with Crippen molar-refractivity contribution >= 4 is 68.2 Å². The number of hydrogen-bond acceptors (Lipinski definition) is 8. The lowest BCUT2D eigenvalue weighted by molar-refractivity contribution is -0.385. The van der Waals surface area contributed by atoms with Gasteiger partial charge in [-0.2, -0.15) is 0 Å². The second-order valence-corrected chi connectivity index (χ2v) is 10.1. The lowest BCUT2D eigenvalue weighted by atomic mass is 10.1. The Bertz CT molecular complexity index is 1480. The molecule has 12 heteroatoms. The Morgan fingerprint density at radius 2 is 1.87 bits per heavy atom. The average molecular weight is 618 g/mol. The maximum atomic E-state index is 13.0. The van der Waals surface area contributed by atoms with E-state index in [1.807, 2.05) is 0 Å². The van der Waals surface area contributed by atoms with Gasteiger partial charge in [0.25, 0.3) is 16.8 Å². The van der Waals surface area contributed by atoms with Gasteiger partial charge in [0.1, 0.15) is 0 Å². The molecule has 0 N–H and O–H groups in total. The highest BCUT2D eigenvalue weighted by molar-refractivity contribution is 9.10. The van der Waals surface area contributed by atoms with Gasteiger partial charge in [0.05, 0.1) is 33.0 Å². The van der Waals surface area contributed by atoms with E-state index in [0.717, 1.165) is 16.7 Å². The van der Waals surface area contributed by atoms with Crippen molar-refractivity contribution in [3.63, 3.8) is 0 Å². The molecule has 3 aromatic rings. The third-order valence-corrected chi connectivity index (χ3v) is 7.04. The predicted molar refractivity (Wildman–Crippen MR) is 146 cm³/mol. The topological polar surface area (TPSA) is 116 Å². The SMILES string of the molecule is CCOc1cc(/C=C2\SC(=O)N(Cc3ccccc3[N+](=O)[O-])C2=O)cc(Br)c1OC(=O)c1ccc(Cl)cc1. The van der Waals surface area contributed by atoms with Crippen molar-refractivity contribution in [1.29, 1.82) is 0 Å². The van der Waals surface area contributed by atoms with E-state index in [-0.39, 0.29) is 40.8 Å². The van der Waals surface area contributed by atoms with Crippen molar-refractivity contribution in [2.24, 2.45) is 0 Å². The molecule has 0 saturated carbocycles. The predicted octanol–water partition coefficient (Wildman–Crippen LogP) is 6.87. The summed E-state index contributed by atoms with van der Waals surface area (Å²) in [4.78, 5) is 50.1. The van der Waals surface area contributed by atoms with Crippen molar-refractivity contribution in [2.75, 3.05) is 6.61 Å². The minimum absolute atomic E-state index is 0.133. The first kappa shape index (κ1) is 27.4. The molecule has 0 atom stereocenters. The maximum absolute atomic E-state index is 13.0. The van der Waals surface area contributed by atoms with E-state index in [1.54, 1.807) is 37.3 Å². The summed E-state index contributed by atoms with van der Waals surface area (Å²) in [6, 6.07) is 15.3. The third kappa shape index (κ3) is 6.07. The number of benzene rings is 3. The number of amides is 2. The van der Waals surface area contributed by atoms with Gasteiger partial charge < -0.3 is 9.47 Å². The van der Waals surface area contributed by atoms with Gasteiger partial charge in [-0.1, -0.05) is 29.8 Å². The second kappa shape index (κ2) is 11.8. The van der Waals surface area contributed by atoms with Gasteiger partial charge in [0.2, 0.25) is 0 Å². The van der Waals surface area contributed by atoms with Crippen LogP contribution in [0.5, 0.6) is 11.5 Å². The number of imide groups is 1. The number of carbonyl (C=O) groups excluding carboxylic acids is 3. The molecule has 194 valence electrons. The molecular weight excluding hydrogens is 600 g/mol. The fourth-order valence-corrected chi connectivity index (χ4v) is 5.06. The Morgan fingerprint density at radius 3 is 2.55 bits per heavy atom. The number of nitro groups is 1. The molecule has 2 amide bonds. The molecular formula is C26H18BrClN2O7S. The molecule has 0 bridgehead atoms. The van der Waals surface area contributed by atoms with Crippen LogP contribution in [0.15, 0.2) is 70.0 Å². The Balaban J connectivity index is 1.59. The van der Waals surface area contributed by atoms with Crippen LogP contribution in [-0.2, 0) is 11.3 Å². The highest BCUT2D eigenvalue weighted by Gasteiger charge is 2.36. The average Bonchev–Trinajstić information content (AvgIpc) is 3.14. The molecule has 3 aromatic carbocycles. The first-order chi connectivity index (χ1) is 18.2. The van der Waals surface area contributed by atoms with Gasteiger partial charge in [-0.3, -0.25) is 24.6 Å². The minimum Gasteiger partial charge on any atom is -0.490 e. The Morgan fingerprint density at radius 1 is 1.16 bits per heavy atom. The maximum Gasteiger partial charge on any atom is 0.343 e. The number of hydrogen-bond donors (Lipinski definition) is 0. The lowest BCUT2D eigenvalue weighted by Crippen LogP contribution is -2.27. The number of ether oxygens (including phenoxy) is 2. The molecule has 1 fully saturated rings. The summed E-state index contributed by atoms with van der Waals surface area (Å²) in [6.45, 7) is 1.81. The van der Waals surface area contributed by atoms with Crippen molar-refractivity contribution in [1.82, 2.24) is 4.90 Å². The molecule has 38 heavy (non-hydrogen) atoms. The van der Waals surface area contributed by atoms with E-state index in [0.29, 0.717) is 20.6 Å². The van der Waals surface area contributed by atoms with Gasteiger partial charge in [-0.15, -0.1) is 0 Å². The summed E-state index contributed by atoms with van der Waals surface area (Å²) in [5, 5.41) is 11.3. The van der Waals surface area contributed by atoms with Crippen molar-refractivity contribution in [3.05, 3.63) is 102 Å². The summed E-state index contributed by atoms with van der Waals surface area (Å²) in [7, 11) is 0. The molecule has 4 rings (SSSR count). The van der Waals surface area contributed by atoms with Gasteiger partial charge in [0, 0.05) is 16.7 Å². The Kier molecular flexibility index (Phi) is 8.50. The highest BCUT2D eigenvalue weighted by atomic mass is 79.9. The van der Waals surface area contributed by atoms with E-state index in [4.69, 9.17) is 21.1 Å². The van der Waals surface area contributed by atoms with Crippen LogP contribution >= 0.6 is 39.3 Å². The van der Waals surface area contributed by atoms with Gasteiger partial charge in [-0.05, 0) is 82.7 Å². The zero-order valence-corrected chi connectivity index (χ0v) is 22.8. The van der Waals surface area contributed by atoms with Crippen LogP contribution in [-0.4, -0.2) is 33.5 Å². The molecule has 0 aromatic heterocycles. The van der Waals surface area contributed by atoms with Gasteiger partial charge >= 0.3 is 5.97 Å². The van der Waals surface area contributed by atoms with E-state index in [2.05, 4.69) is 15.9 Å². The Hall–Kier alpha value is -3.67. The van der Waals surface area contributed by atoms with Crippen LogP contribution < -0.4 is 9.47 Å². The summed E-state index contributed by atoms with van der Waals surface area (Å²) in [6.07, 6.45) is 1.50. The monoisotopic (exact) mass is 616 g/mol. The summed E-state index contributed by atoms with van der Waals surface area (Å²) in [5.74, 6) is -0.805. The molecule has 0 spiro atoms. The zero-order chi connectivity index (χ0) is 27.4. The molecule has 0 aliphatic carbocycles. The van der Waals surface area contributed by atoms with E-state index in [1.165, 1.54) is 36.4 Å². The van der Waals surface area contributed by atoms with E-state index in [9.17, 15) is 24.5 Å². The van der Waals surface area contributed by atoms with Gasteiger partial charge in [0.15, 0.2) is 11.5 Å². The number of carbonyl (C=O) groups is 3. The molecule has 0 unspecified atom stereocenters. The molecule has 1 heterocycles. The Labute approximate surface area is 234 Å². The third-order valence-electron chi connectivity index (χ3n) is 5.29. The van der Waals surface area contributed by atoms with E-state index >= 15 is 0 Å². The largest absolute Gasteiger partial charge is 0.490 e. The van der Waals surface area contributed by atoms with E-state index < -0.39 is 22.0 Å². The van der Waals surface area contributed by atoms with Crippen LogP contribution in [0.3, 0.4) is 0 Å². The van der Waals surface area contributed by atoms with Gasteiger partial charge in [-0.25, -0.2) is 4.79 Å². The van der Waals surface area contributed by atoms with Crippen molar-refractivity contribution in [3.8, 4) is 11.5 Å². The lowest BCUT2D eigenvalue weighted by Gasteiger charge is -2.14. The first-order valence-corrected chi connectivity index (χ1v) is 13.1. The number of thioether (sulfide) groups is 1. The zero-order valence-electron chi connectivity index (χ0n) is 19.7. The summed E-state index contributed by atoms with van der Waals surface area (Å²) >= 11 is 10.0. The molecule has 1 aliphatic heterocycles. The summed E-state index contributed by atoms with van der Waals surface area (Å²) < 4.78 is 11.6. The smallest absolute Gasteiger partial charge is 0.343 e. The van der Waals surface area contributed by atoms with Crippen molar-refractivity contribution < 1.29 is 28.8 Å². The number of nitrogens with zero attached hydrogens (tertiary/aromatic N) is 2. The number of nitro benzene ring substituents is 1. The first-order valence-electron chi connectivity index (χ1n) is 11.1. The number of esters is 1. The van der Waals surface area contributed by atoms with Crippen LogP contribution in [0.25, 0.3) is 6.08 Å². The molecule has 9 nitrogen and oxygen atoms in total. The second-order valence-electron chi connectivity index (χ2n) is 7.81. The highest BCUT2D eigenvalue weighted by Crippen LogP contribution is 2.40. The van der Waals surface area contributed by atoms with Crippen LogP contribution in [0, 0.1) is 10.1 Å². The molecule has 1 aliphatic rings. The molecule has 0 radical (unpaired) electrons. The number of para-hydroxylation sites is 1. The quantitative estimate of drug-likeness (QED) is 0.0885. The van der Waals surface area contributed by atoms with Crippen LogP contribution in [0.2, 0.25) is 5.02 Å². The van der Waals surface area contributed by atoms with Crippen LogP contribution in [0.4, 0.5) is 10.5 Å². The summed E-state index contributed by atoms with van der Waals surface area (Å²) in [5.41, 5.74) is 0.863. The fraction of sp³-hybridized carbons (Fsp3) is 0.115. The fourth-order valence-electron chi connectivity index (χ4n) is 3.55. The normalized spacial score (nSPS) is 14.2. The molecule has 1 saturated heterocycles.